The monoisotopic (exact) mass is 301 g/mol. The van der Waals surface area contributed by atoms with Crippen LogP contribution in [0.4, 0.5) is 5.82 Å². The second kappa shape index (κ2) is 7.46. The number of hydrogen-bond donors (Lipinski definition) is 1. The van der Waals surface area contributed by atoms with Gasteiger partial charge >= 0.3 is 0 Å². The molecule has 0 aliphatic rings. The van der Waals surface area contributed by atoms with Gasteiger partial charge in [0.15, 0.2) is 0 Å². The first-order valence-electron chi connectivity index (χ1n) is 7.47. The van der Waals surface area contributed by atoms with Crippen LogP contribution in [0.25, 0.3) is 0 Å². The quantitative estimate of drug-likeness (QED) is 0.772. The summed E-state index contributed by atoms with van der Waals surface area (Å²) in [6, 6.07) is 10.4. The fraction of sp³-hybridized carbons (Fsp3) is 0.412. The van der Waals surface area contributed by atoms with Gasteiger partial charge < -0.3 is 5.32 Å². The Morgan fingerprint density at radius 1 is 1.14 bits per heavy atom. The first-order valence-corrected chi connectivity index (χ1v) is 8.28. The van der Waals surface area contributed by atoms with E-state index < -0.39 is 0 Å². The van der Waals surface area contributed by atoms with E-state index in [0.29, 0.717) is 5.92 Å². The van der Waals surface area contributed by atoms with E-state index in [4.69, 9.17) is 4.98 Å². The summed E-state index contributed by atoms with van der Waals surface area (Å²) in [4.78, 5) is 10.6. The Kier molecular flexibility index (Phi) is 5.62. The average Bonchev–Trinajstić information content (AvgIpc) is 2.49. The molecule has 4 heteroatoms. The predicted molar refractivity (Wildman–Crippen MR) is 90.2 cm³/mol. The molecule has 0 atom stereocenters. The van der Waals surface area contributed by atoms with Gasteiger partial charge in [0.25, 0.3) is 0 Å². The molecule has 21 heavy (non-hydrogen) atoms. The number of benzene rings is 1. The van der Waals surface area contributed by atoms with Crippen molar-refractivity contribution in [2.24, 2.45) is 0 Å². The Hall–Kier alpha value is -1.55. The molecule has 3 nitrogen and oxygen atoms in total. The van der Waals surface area contributed by atoms with Crippen LogP contribution in [0.3, 0.4) is 0 Å². The van der Waals surface area contributed by atoms with Crippen molar-refractivity contribution in [1.82, 2.24) is 9.97 Å². The summed E-state index contributed by atoms with van der Waals surface area (Å²) in [7, 11) is 0. The summed E-state index contributed by atoms with van der Waals surface area (Å²) in [6.45, 7) is 9.45. The van der Waals surface area contributed by atoms with Crippen LogP contribution >= 0.6 is 11.8 Å². The van der Waals surface area contributed by atoms with Crippen LogP contribution in [0.2, 0.25) is 0 Å². The molecule has 0 radical (unpaired) electrons. The third-order valence-electron chi connectivity index (χ3n) is 3.14. The normalized spacial score (nSPS) is 10.9. The van der Waals surface area contributed by atoms with Crippen molar-refractivity contribution in [1.29, 1.82) is 0 Å². The van der Waals surface area contributed by atoms with Crippen LogP contribution in [0.15, 0.2) is 40.3 Å². The Bertz CT molecular complexity index is 582. The molecule has 0 aliphatic carbocycles. The van der Waals surface area contributed by atoms with Crippen LogP contribution in [0, 0.1) is 6.92 Å². The summed E-state index contributed by atoms with van der Waals surface area (Å²) < 4.78 is 0. The van der Waals surface area contributed by atoms with E-state index in [1.165, 1.54) is 4.90 Å². The third kappa shape index (κ3) is 4.21. The van der Waals surface area contributed by atoms with Gasteiger partial charge in [0.1, 0.15) is 16.7 Å². The molecule has 1 aromatic carbocycles. The van der Waals surface area contributed by atoms with Crippen molar-refractivity contribution in [3.05, 3.63) is 41.7 Å². The van der Waals surface area contributed by atoms with E-state index in [1.807, 2.05) is 6.07 Å². The summed E-state index contributed by atoms with van der Waals surface area (Å²) in [5.74, 6) is 2.19. The van der Waals surface area contributed by atoms with Gasteiger partial charge in [0, 0.05) is 22.9 Å². The van der Waals surface area contributed by atoms with Crippen LogP contribution < -0.4 is 5.32 Å². The maximum atomic E-state index is 4.75. The van der Waals surface area contributed by atoms with Crippen LogP contribution in [0.5, 0.6) is 0 Å². The highest BCUT2D eigenvalue weighted by atomic mass is 32.2. The van der Waals surface area contributed by atoms with Gasteiger partial charge in [-0.05, 0) is 25.5 Å². The molecule has 0 unspecified atom stereocenters. The molecule has 2 aromatic rings. The van der Waals surface area contributed by atoms with Gasteiger partial charge in [0.05, 0.1) is 0 Å². The lowest BCUT2D eigenvalue weighted by molar-refractivity contribution is 0.747. The fourth-order valence-electron chi connectivity index (χ4n) is 1.89. The van der Waals surface area contributed by atoms with E-state index in [9.17, 15) is 0 Å². The van der Waals surface area contributed by atoms with Crippen molar-refractivity contribution in [3.8, 4) is 0 Å². The van der Waals surface area contributed by atoms with E-state index in [1.54, 1.807) is 11.8 Å². The summed E-state index contributed by atoms with van der Waals surface area (Å²) in [6.07, 6.45) is 1.08. The molecule has 112 valence electrons. The molecule has 0 saturated heterocycles. The molecule has 1 heterocycles. The van der Waals surface area contributed by atoms with Crippen molar-refractivity contribution >= 4 is 17.6 Å². The molecule has 0 amide bonds. The summed E-state index contributed by atoms with van der Waals surface area (Å²) in [5, 5.41) is 4.46. The Morgan fingerprint density at radius 2 is 1.86 bits per heavy atom. The second-order valence-corrected chi connectivity index (χ2v) is 6.42. The Labute approximate surface area is 131 Å². The van der Waals surface area contributed by atoms with Crippen LogP contribution in [-0.2, 0) is 0 Å². The van der Waals surface area contributed by atoms with Crippen molar-refractivity contribution in [3.63, 3.8) is 0 Å². The van der Waals surface area contributed by atoms with Gasteiger partial charge in [0.2, 0.25) is 0 Å². The number of hydrogen-bond acceptors (Lipinski definition) is 4. The first kappa shape index (κ1) is 15.8. The van der Waals surface area contributed by atoms with Gasteiger partial charge in [-0.25, -0.2) is 9.97 Å². The molecule has 0 spiro atoms. The van der Waals surface area contributed by atoms with Gasteiger partial charge in [-0.15, -0.1) is 0 Å². The van der Waals surface area contributed by atoms with E-state index >= 15 is 0 Å². The molecule has 0 bridgehead atoms. The van der Waals surface area contributed by atoms with Gasteiger partial charge in [-0.3, -0.25) is 0 Å². The molecule has 0 aliphatic heterocycles. The maximum absolute atomic E-state index is 4.75. The minimum atomic E-state index is 0.322. The first-order chi connectivity index (χ1) is 10.1. The number of aromatic nitrogens is 2. The van der Waals surface area contributed by atoms with Gasteiger partial charge in [-0.2, -0.15) is 0 Å². The highest BCUT2D eigenvalue weighted by Crippen LogP contribution is 2.32. The van der Waals surface area contributed by atoms with Crippen LogP contribution in [-0.4, -0.2) is 16.5 Å². The zero-order chi connectivity index (χ0) is 15.2. The third-order valence-corrected chi connectivity index (χ3v) is 4.23. The minimum absolute atomic E-state index is 0.322. The fourth-order valence-corrected chi connectivity index (χ4v) is 2.79. The van der Waals surface area contributed by atoms with Crippen LogP contribution in [0.1, 0.15) is 44.5 Å². The zero-order valence-electron chi connectivity index (χ0n) is 13.2. The van der Waals surface area contributed by atoms with Gasteiger partial charge in [-0.1, -0.05) is 50.7 Å². The lowest BCUT2D eigenvalue weighted by Crippen LogP contribution is -2.09. The Morgan fingerprint density at radius 3 is 2.48 bits per heavy atom. The molecule has 0 saturated carbocycles. The highest BCUT2D eigenvalue weighted by molar-refractivity contribution is 7.99. The molecule has 1 aromatic heterocycles. The largest absolute Gasteiger partial charge is 0.370 e. The minimum Gasteiger partial charge on any atom is -0.370 e. The SMILES string of the molecule is CCCNc1nc(C(C)C)nc(Sc2ccccc2)c1C. The maximum Gasteiger partial charge on any atom is 0.134 e. The van der Waals surface area contributed by atoms with E-state index in [2.05, 4.69) is 62.3 Å². The summed E-state index contributed by atoms with van der Waals surface area (Å²) >= 11 is 1.70. The Balaban J connectivity index is 2.36. The smallest absolute Gasteiger partial charge is 0.134 e. The zero-order valence-corrected chi connectivity index (χ0v) is 14.0. The lowest BCUT2D eigenvalue weighted by atomic mass is 10.2. The molecule has 2 rings (SSSR count). The predicted octanol–water partition coefficient (Wildman–Crippen LogP) is 4.88. The highest BCUT2D eigenvalue weighted by Gasteiger charge is 2.13. The van der Waals surface area contributed by atoms with Crippen molar-refractivity contribution in [2.45, 2.75) is 50.0 Å². The number of nitrogens with zero attached hydrogens (tertiary/aromatic N) is 2. The number of anilines is 1. The molecular weight excluding hydrogens is 278 g/mol. The molecule has 0 fully saturated rings. The molecular formula is C17H23N3S. The van der Waals surface area contributed by atoms with E-state index in [-0.39, 0.29) is 0 Å². The lowest BCUT2D eigenvalue weighted by Gasteiger charge is -2.15. The molecule has 1 N–H and O–H groups in total. The standard InChI is InChI=1S/C17H23N3S/c1-5-11-18-16-13(4)17(20-15(19-16)12(2)3)21-14-9-7-6-8-10-14/h6-10,12H,5,11H2,1-4H3,(H,18,19,20). The second-order valence-electron chi connectivity index (χ2n) is 5.36. The summed E-state index contributed by atoms with van der Waals surface area (Å²) in [5.41, 5.74) is 1.13. The number of rotatable bonds is 6. The topological polar surface area (TPSA) is 37.8 Å². The van der Waals surface area contributed by atoms with Crippen molar-refractivity contribution < 1.29 is 0 Å². The number of nitrogens with one attached hydrogen (secondary N) is 1. The van der Waals surface area contributed by atoms with E-state index in [0.717, 1.165) is 35.2 Å². The van der Waals surface area contributed by atoms with Crippen molar-refractivity contribution in [2.75, 3.05) is 11.9 Å². The average molecular weight is 301 g/mol.